The van der Waals surface area contributed by atoms with Gasteiger partial charge in [0.05, 0.1) is 12.1 Å². The number of carbonyl (C=O) groups is 1. The molecule has 4 heteroatoms. The quantitative estimate of drug-likeness (QED) is 0.869. The van der Waals surface area contributed by atoms with Gasteiger partial charge in [-0.1, -0.05) is 43.2 Å². The third-order valence-corrected chi connectivity index (χ3v) is 3.77. The number of benzene rings is 1. The van der Waals surface area contributed by atoms with Crippen LogP contribution in [0.4, 0.5) is 4.39 Å². The van der Waals surface area contributed by atoms with Gasteiger partial charge in [0.1, 0.15) is 5.82 Å². The third kappa shape index (κ3) is 3.67. The normalized spacial score (nSPS) is 17.5. The van der Waals surface area contributed by atoms with E-state index >= 15 is 0 Å². The first-order valence-corrected chi connectivity index (χ1v) is 6.98. The molecule has 0 heterocycles. The summed E-state index contributed by atoms with van der Waals surface area (Å²) in [6.45, 7) is -0.0181. The van der Waals surface area contributed by atoms with Crippen LogP contribution in [0.5, 0.6) is 0 Å². The van der Waals surface area contributed by atoms with E-state index in [0.717, 1.165) is 25.7 Å². The van der Waals surface area contributed by atoms with Gasteiger partial charge >= 0.3 is 0 Å². The maximum atomic E-state index is 13.4. The second-order valence-electron chi connectivity index (χ2n) is 5.32. The number of aliphatic hydroxyl groups is 1. The Morgan fingerprint density at radius 2 is 2.05 bits per heavy atom. The minimum Gasteiger partial charge on any atom is -0.394 e. The lowest BCUT2D eigenvalue weighted by Crippen LogP contribution is -2.49. The highest BCUT2D eigenvalue weighted by molar-refractivity contribution is 5.79. The summed E-state index contributed by atoms with van der Waals surface area (Å²) >= 11 is 0. The molecule has 1 saturated carbocycles. The molecule has 108 valence electrons. The van der Waals surface area contributed by atoms with Crippen LogP contribution in [0, 0.1) is 5.82 Å². The molecule has 0 atom stereocenters. The molecule has 3 nitrogen and oxygen atoms in total. The van der Waals surface area contributed by atoms with Crippen LogP contribution < -0.4 is 5.32 Å². The molecule has 1 aliphatic carbocycles. The SMILES string of the molecule is O=C(C/C=C/c1ccccc1F)NC1(CO)CCCC1. The van der Waals surface area contributed by atoms with Gasteiger partial charge in [-0.15, -0.1) is 0 Å². The molecule has 0 unspecified atom stereocenters. The van der Waals surface area contributed by atoms with E-state index in [0.29, 0.717) is 5.56 Å². The van der Waals surface area contributed by atoms with Crippen molar-refractivity contribution < 1.29 is 14.3 Å². The number of nitrogens with one attached hydrogen (secondary N) is 1. The number of aliphatic hydroxyl groups excluding tert-OH is 1. The first-order valence-electron chi connectivity index (χ1n) is 6.98. The monoisotopic (exact) mass is 277 g/mol. The molecule has 1 amide bonds. The van der Waals surface area contributed by atoms with Crippen molar-refractivity contribution in [1.29, 1.82) is 0 Å². The van der Waals surface area contributed by atoms with E-state index < -0.39 is 5.54 Å². The first kappa shape index (κ1) is 14.7. The van der Waals surface area contributed by atoms with E-state index in [1.165, 1.54) is 6.07 Å². The summed E-state index contributed by atoms with van der Waals surface area (Å²) in [6.07, 6.45) is 7.16. The standard InChI is InChI=1S/C16H20FNO2/c17-14-8-2-1-6-13(14)7-5-9-15(20)18-16(12-19)10-3-4-11-16/h1-2,5-8,19H,3-4,9-12H2,(H,18,20)/b7-5+. The zero-order valence-corrected chi connectivity index (χ0v) is 11.4. The fourth-order valence-corrected chi connectivity index (χ4v) is 2.62. The van der Waals surface area contributed by atoms with Gasteiger partial charge in [-0.2, -0.15) is 0 Å². The van der Waals surface area contributed by atoms with E-state index in [2.05, 4.69) is 5.32 Å². The summed E-state index contributed by atoms with van der Waals surface area (Å²) in [5.74, 6) is -0.430. The molecule has 0 aliphatic heterocycles. The molecule has 0 aromatic heterocycles. The van der Waals surface area contributed by atoms with Crippen molar-refractivity contribution in [1.82, 2.24) is 5.32 Å². The van der Waals surface area contributed by atoms with Gasteiger partial charge in [-0.05, 0) is 18.9 Å². The van der Waals surface area contributed by atoms with Crippen molar-refractivity contribution in [3.05, 3.63) is 41.7 Å². The van der Waals surface area contributed by atoms with E-state index in [4.69, 9.17) is 0 Å². The molecule has 2 rings (SSSR count). The van der Waals surface area contributed by atoms with Gasteiger partial charge in [0.25, 0.3) is 0 Å². The van der Waals surface area contributed by atoms with E-state index in [1.807, 2.05) is 0 Å². The second-order valence-corrected chi connectivity index (χ2v) is 5.32. The predicted octanol–water partition coefficient (Wildman–Crippen LogP) is 2.65. The summed E-state index contributed by atoms with van der Waals surface area (Å²) in [6, 6.07) is 6.43. The third-order valence-electron chi connectivity index (χ3n) is 3.77. The molecule has 1 aromatic rings. The highest BCUT2D eigenvalue weighted by Gasteiger charge is 2.34. The average Bonchev–Trinajstić information content (AvgIpc) is 2.90. The van der Waals surface area contributed by atoms with Crippen LogP contribution in [0.3, 0.4) is 0 Å². The summed E-state index contributed by atoms with van der Waals surface area (Å²) in [5.41, 5.74) is 0.0289. The molecule has 0 saturated heterocycles. The second kappa shape index (κ2) is 6.66. The van der Waals surface area contributed by atoms with Crippen molar-refractivity contribution in [2.75, 3.05) is 6.61 Å². The highest BCUT2D eigenvalue weighted by Crippen LogP contribution is 2.29. The number of carbonyl (C=O) groups excluding carboxylic acids is 1. The smallest absolute Gasteiger partial charge is 0.224 e. The van der Waals surface area contributed by atoms with Crippen LogP contribution >= 0.6 is 0 Å². The largest absolute Gasteiger partial charge is 0.394 e. The maximum Gasteiger partial charge on any atom is 0.224 e. The van der Waals surface area contributed by atoms with Gasteiger partial charge in [0.15, 0.2) is 0 Å². The van der Waals surface area contributed by atoms with Crippen LogP contribution in [0.1, 0.15) is 37.7 Å². The summed E-state index contributed by atoms with van der Waals surface area (Å²) in [5, 5.41) is 12.3. The van der Waals surface area contributed by atoms with E-state index in [-0.39, 0.29) is 24.8 Å². The number of rotatable bonds is 5. The Morgan fingerprint density at radius 1 is 1.35 bits per heavy atom. The molecule has 1 fully saturated rings. The number of halogens is 1. The van der Waals surface area contributed by atoms with E-state index in [1.54, 1.807) is 30.4 Å². The van der Waals surface area contributed by atoms with Crippen LogP contribution in [0.15, 0.2) is 30.3 Å². The summed E-state index contributed by atoms with van der Waals surface area (Å²) in [4.78, 5) is 11.9. The number of hydrogen-bond donors (Lipinski definition) is 2. The molecule has 0 spiro atoms. The minimum atomic E-state index is -0.442. The molecule has 1 aromatic carbocycles. The Labute approximate surface area is 118 Å². The van der Waals surface area contributed by atoms with Crippen molar-refractivity contribution in [3.63, 3.8) is 0 Å². The molecule has 0 bridgehead atoms. The Bertz CT molecular complexity index is 493. The van der Waals surface area contributed by atoms with E-state index in [9.17, 15) is 14.3 Å². The van der Waals surface area contributed by atoms with Crippen LogP contribution in [-0.4, -0.2) is 23.2 Å². The maximum absolute atomic E-state index is 13.4. The number of amides is 1. The highest BCUT2D eigenvalue weighted by atomic mass is 19.1. The topological polar surface area (TPSA) is 49.3 Å². The van der Waals surface area contributed by atoms with Gasteiger partial charge in [0, 0.05) is 12.0 Å². The predicted molar refractivity (Wildman–Crippen MR) is 76.5 cm³/mol. The van der Waals surface area contributed by atoms with Gasteiger partial charge in [0.2, 0.25) is 5.91 Å². The minimum absolute atomic E-state index is 0.0181. The van der Waals surface area contributed by atoms with Gasteiger partial charge < -0.3 is 10.4 Å². The lowest BCUT2D eigenvalue weighted by molar-refractivity contribution is -0.122. The van der Waals surface area contributed by atoms with Crippen LogP contribution in [0.25, 0.3) is 6.08 Å². The van der Waals surface area contributed by atoms with Crippen molar-refractivity contribution in [3.8, 4) is 0 Å². The molecule has 20 heavy (non-hydrogen) atoms. The van der Waals surface area contributed by atoms with Gasteiger partial charge in [-0.25, -0.2) is 4.39 Å². The zero-order chi connectivity index (χ0) is 14.4. The summed E-state index contributed by atoms with van der Waals surface area (Å²) in [7, 11) is 0. The van der Waals surface area contributed by atoms with Crippen molar-refractivity contribution in [2.24, 2.45) is 0 Å². The zero-order valence-electron chi connectivity index (χ0n) is 11.4. The Balaban J connectivity index is 1.88. The average molecular weight is 277 g/mol. The van der Waals surface area contributed by atoms with Crippen LogP contribution in [0.2, 0.25) is 0 Å². The van der Waals surface area contributed by atoms with Crippen molar-refractivity contribution in [2.45, 2.75) is 37.6 Å². The molecule has 0 radical (unpaired) electrons. The fraction of sp³-hybridized carbons (Fsp3) is 0.438. The molecular formula is C16H20FNO2. The molecule has 1 aliphatic rings. The lowest BCUT2D eigenvalue weighted by atomic mass is 9.98. The first-order chi connectivity index (χ1) is 9.65. The number of hydrogen-bond acceptors (Lipinski definition) is 2. The van der Waals surface area contributed by atoms with Gasteiger partial charge in [-0.3, -0.25) is 4.79 Å². The Morgan fingerprint density at radius 3 is 2.70 bits per heavy atom. The Hall–Kier alpha value is -1.68. The lowest BCUT2D eigenvalue weighted by Gasteiger charge is -2.27. The fourth-order valence-electron chi connectivity index (χ4n) is 2.62. The molecular weight excluding hydrogens is 257 g/mol. The molecule has 2 N–H and O–H groups in total. The van der Waals surface area contributed by atoms with Crippen molar-refractivity contribution >= 4 is 12.0 Å². The summed E-state index contributed by atoms with van der Waals surface area (Å²) < 4.78 is 13.4. The Kier molecular flexibility index (Phi) is 4.90. The van der Waals surface area contributed by atoms with Crippen LogP contribution in [-0.2, 0) is 4.79 Å².